The molecule has 2 aliphatic rings. The molecule has 0 amide bonds. The maximum Gasteiger partial charge on any atom is 0.0693 e. The second-order valence-corrected chi connectivity index (χ2v) is 4.71. The first-order valence-electron chi connectivity index (χ1n) is 7.02. The zero-order valence-corrected chi connectivity index (χ0v) is 12.0. The van der Waals surface area contributed by atoms with Gasteiger partial charge in [-0.1, -0.05) is 19.9 Å². The van der Waals surface area contributed by atoms with Crippen molar-refractivity contribution in [2.45, 2.75) is 26.3 Å². The van der Waals surface area contributed by atoms with Crippen LogP contribution in [0.5, 0.6) is 0 Å². The van der Waals surface area contributed by atoms with E-state index in [4.69, 9.17) is 5.11 Å². The highest BCUT2D eigenvalue weighted by atomic mass is 16.3. The summed E-state index contributed by atoms with van der Waals surface area (Å²) >= 11 is 0. The molecule has 104 valence electrons. The van der Waals surface area contributed by atoms with Crippen molar-refractivity contribution in [3.05, 3.63) is 11.6 Å². The van der Waals surface area contributed by atoms with Crippen molar-refractivity contribution in [2.24, 2.45) is 4.99 Å². The highest BCUT2D eigenvalue weighted by molar-refractivity contribution is 5.79. The molecule has 1 fully saturated rings. The molecule has 2 heterocycles. The summed E-state index contributed by atoms with van der Waals surface area (Å²) in [6.45, 7) is 9.80. The van der Waals surface area contributed by atoms with Crippen LogP contribution in [0.25, 0.3) is 0 Å². The number of hydrogen-bond acceptors (Lipinski definition) is 4. The lowest BCUT2D eigenvalue weighted by molar-refractivity contribution is 0.147. The zero-order chi connectivity index (χ0) is 13.4. The van der Waals surface area contributed by atoms with Gasteiger partial charge in [-0.15, -0.1) is 0 Å². The molecule has 0 spiro atoms. The molecular weight excluding hydrogens is 226 g/mol. The van der Waals surface area contributed by atoms with Crippen molar-refractivity contribution >= 4 is 6.21 Å². The molecule has 0 bridgehead atoms. The molecule has 1 saturated heterocycles. The van der Waals surface area contributed by atoms with E-state index in [2.05, 4.69) is 27.9 Å². The summed E-state index contributed by atoms with van der Waals surface area (Å²) in [4.78, 5) is 9.34. The van der Waals surface area contributed by atoms with E-state index in [0.29, 0.717) is 6.04 Å². The smallest absolute Gasteiger partial charge is 0.0693 e. The Labute approximate surface area is 111 Å². The van der Waals surface area contributed by atoms with Crippen LogP contribution in [0.2, 0.25) is 0 Å². The summed E-state index contributed by atoms with van der Waals surface area (Å²) in [5.41, 5.74) is 0.953. The number of rotatable bonds is 3. The van der Waals surface area contributed by atoms with Crippen LogP contribution in [-0.2, 0) is 0 Å². The van der Waals surface area contributed by atoms with Gasteiger partial charge in [0.05, 0.1) is 12.6 Å². The summed E-state index contributed by atoms with van der Waals surface area (Å²) < 4.78 is 0. The summed E-state index contributed by atoms with van der Waals surface area (Å²) in [5, 5.41) is 8.95. The Bertz CT molecular complexity index is 281. The monoisotopic (exact) mass is 253 g/mol. The molecule has 1 N–H and O–H groups in total. The van der Waals surface area contributed by atoms with Crippen molar-refractivity contribution in [1.82, 2.24) is 9.80 Å². The normalized spacial score (nSPS) is 25.3. The second-order valence-electron chi connectivity index (χ2n) is 4.71. The van der Waals surface area contributed by atoms with Crippen LogP contribution < -0.4 is 0 Å². The molecule has 0 aliphatic carbocycles. The van der Waals surface area contributed by atoms with E-state index < -0.39 is 0 Å². The molecule has 18 heavy (non-hydrogen) atoms. The SMILES string of the molecule is CC.CN1CCN(CC2CC=C(CO)C=N2)CC1. The molecule has 4 nitrogen and oxygen atoms in total. The predicted octanol–water partition coefficient (Wildman–Crippen LogP) is 1.02. The van der Waals surface area contributed by atoms with Gasteiger partial charge in [-0.25, -0.2) is 0 Å². The fourth-order valence-electron chi connectivity index (χ4n) is 2.16. The van der Waals surface area contributed by atoms with Crippen molar-refractivity contribution in [3.8, 4) is 0 Å². The lowest BCUT2D eigenvalue weighted by atomic mass is 10.1. The Hall–Kier alpha value is -0.710. The predicted molar refractivity (Wildman–Crippen MR) is 77.4 cm³/mol. The van der Waals surface area contributed by atoms with Gasteiger partial charge in [0.25, 0.3) is 0 Å². The van der Waals surface area contributed by atoms with Crippen molar-refractivity contribution in [2.75, 3.05) is 46.4 Å². The molecule has 0 aromatic heterocycles. The number of aliphatic imine (C=N–C) groups is 1. The van der Waals surface area contributed by atoms with E-state index in [9.17, 15) is 0 Å². The number of piperazine rings is 1. The number of hydrogen-bond donors (Lipinski definition) is 1. The molecule has 0 aromatic rings. The third-order valence-electron chi connectivity index (χ3n) is 3.35. The van der Waals surface area contributed by atoms with E-state index in [0.717, 1.165) is 44.7 Å². The fraction of sp³-hybridized carbons (Fsp3) is 0.786. The maximum absolute atomic E-state index is 8.95. The standard InChI is InChI=1S/C12H21N3O.C2H6/c1-14-4-6-15(7-5-14)9-12-3-2-11(10-16)8-13-12;1-2/h2,8,12,16H,3-7,9-10H2,1H3;1-2H3. The molecule has 2 aliphatic heterocycles. The molecule has 4 heteroatoms. The van der Waals surface area contributed by atoms with E-state index in [-0.39, 0.29) is 6.61 Å². The highest BCUT2D eigenvalue weighted by Gasteiger charge is 2.18. The van der Waals surface area contributed by atoms with Crippen molar-refractivity contribution < 1.29 is 5.11 Å². The average molecular weight is 253 g/mol. The summed E-state index contributed by atoms with van der Waals surface area (Å²) in [5.74, 6) is 0. The molecule has 0 saturated carbocycles. The minimum atomic E-state index is 0.116. The van der Waals surface area contributed by atoms with Gasteiger partial charge in [-0.05, 0) is 19.0 Å². The van der Waals surface area contributed by atoms with E-state index in [1.807, 2.05) is 20.1 Å². The third-order valence-corrected chi connectivity index (χ3v) is 3.35. The summed E-state index contributed by atoms with van der Waals surface area (Å²) in [6.07, 6.45) is 4.90. The lowest BCUT2D eigenvalue weighted by Gasteiger charge is -2.34. The number of dihydropyridines is 1. The topological polar surface area (TPSA) is 39.1 Å². The second kappa shape index (κ2) is 8.40. The van der Waals surface area contributed by atoms with Gasteiger partial charge in [0.1, 0.15) is 0 Å². The van der Waals surface area contributed by atoms with Gasteiger partial charge in [0, 0.05) is 38.9 Å². The first kappa shape index (κ1) is 15.3. The van der Waals surface area contributed by atoms with Crippen molar-refractivity contribution in [1.29, 1.82) is 0 Å². The van der Waals surface area contributed by atoms with Crippen LogP contribution in [0.1, 0.15) is 20.3 Å². The Morgan fingerprint density at radius 2 is 1.94 bits per heavy atom. The van der Waals surface area contributed by atoms with Gasteiger partial charge >= 0.3 is 0 Å². The molecular formula is C14H27N3O. The van der Waals surface area contributed by atoms with Crippen LogP contribution in [-0.4, -0.2) is 73.5 Å². The van der Waals surface area contributed by atoms with Crippen LogP contribution in [0.3, 0.4) is 0 Å². The minimum Gasteiger partial charge on any atom is -0.392 e. The quantitative estimate of drug-likeness (QED) is 0.816. The van der Waals surface area contributed by atoms with Crippen LogP contribution in [0.4, 0.5) is 0 Å². The Morgan fingerprint density at radius 1 is 1.28 bits per heavy atom. The fourth-order valence-corrected chi connectivity index (χ4v) is 2.16. The largest absolute Gasteiger partial charge is 0.392 e. The summed E-state index contributed by atoms with van der Waals surface area (Å²) in [7, 11) is 2.17. The van der Waals surface area contributed by atoms with E-state index >= 15 is 0 Å². The first-order chi connectivity index (χ1) is 8.78. The van der Waals surface area contributed by atoms with Gasteiger partial charge < -0.3 is 10.0 Å². The third kappa shape index (κ3) is 4.88. The Kier molecular flexibility index (Phi) is 7.16. The maximum atomic E-state index is 8.95. The Balaban J connectivity index is 0.000000771. The minimum absolute atomic E-state index is 0.116. The van der Waals surface area contributed by atoms with Gasteiger partial charge in [-0.3, -0.25) is 9.89 Å². The van der Waals surface area contributed by atoms with Gasteiger partial charge in [-0.2, -0.15) is 0 Å². The first-order valence-corrected chi connectivity index (χ1v) is 7.02. The lowest BCUT2D eigenvalue weighted by Crippen LogP contribution is -2.46. The zero-order valence-electron chi connectivity index (χ0n) is 12.0. The van der Waals surface area contributed by atoms with Crippen molar-refractivity contribution in [3.63, 3.8) is 0 Å². The van der Waals surface area contributed by atoms with E-state index in [1.165, 1.54) is 0 Å². The van der Waals surface area contributed by atoms with E-state index in [1.54, 1.807) is 0 Å². The highest BCUT2D eigenvalue weighted by Crippen LogP contribution is 2.11. The van der Waals surface area contributed by atoms with Crippen LogP contribution in [0, 0.1) is 0 Å². The Morgan fingerprint density at radius 3 is 2.44 bits per heavy atom. The molecule has 0 radical (unpaired) electrons. The number of likely N-dealkylation sites (N-methyl/N-ethyl adjacent to an activating group) is 1. The van der Waals surface area contributed by atoms with Gasteiger partial charge in [0.15, 0.2) is 0 Å². The van der Waals surface area contributed by atoms with Crippen LogP contribution in [0.15, 0.2) is 16.6 Å². The number of aliphatic hydroxyl groups is 1. The summed E-state index contributed by atoms with van der Waals surface area (Å²) in [6, 6.07) is 0.388. The average Bonchev–Trinajstić information content (AvgIpc) is 2.44. The van der Waals surface area contributed by atoms with Gasteiger partial charge in [0.2, 0.25) is 0 Å². The number of aliphatic hydroxyl groups excluding tert-OH is 1. The van der Waals surface area contributed by atoms with Crippen LogP contribution >= 0.6 is 0 Å². The molecule has 1 atom stereocenters. The number of nitrogens with zero attached hydrogens (tertiary/aromatic N) is 3. The molecule has 2 rings (SSSR count). The molecule has 0 aromatic carbocycles. The molecule has 1 unspecified atom stereocenters.